The Labute approximate surface area is 189 Å². The molecule has 32 heavy (non-hydrogen) atoms. The van der Waals surface area contributed by atoms with Crippen LogP contribution in [0.4, 0.5) is 0 Å². The van der Waals surface area contributed by atoms with Gasteiger partial charge in [-0.3, -0.25) is 4.79 Å². The van der Waals surface area contributed by atoms with Gasteiger partial charge in [-0.25, -0.2) is 4.79 Å². The highest BCUT2D eigenvalue weighted by Gasteiger charge is 2.43. The van der Waals surface area contributed by atoms with Crippen LogP contribution in [0, 0.1) is 17.8 Å². The lowest BCUT2D eigenvalue weighted by molar-refractivity contribution is -0.178. The summed E-state index contributed by atoms with van der Waals surface area (Å²) in [5.41, 5.74) is -0.178. The van der Waals surface area contributed by atoms with Crippen LogP contribution in [-0.2, 0) is 19.1 Å². The molecule has 0 spiro atoms. The maximum atomic E-state index is 12.8. The summed E-state index contributed by atoms with van der Waals surface area (Å²) in [4.78, 5) is 23.5. The van der Waals surface area contributed by atoms with E-state index in [1.54, 1.807) is 19.9 Å². The van der Waals surface area contributed by atoms with E-state index in [-0.39, 0.29) is 24.2 Å². The second-order valence-electron chi connectivity index (χ2n) is 9.48. The van der Waals surface area contributed by atoms with Gasteiger partial charge in [-0.05, 0) is 57.4 Å². The molecular weight excluding hydrogens is 416 g/mol. The van der Waals surface area contributed by atoms with Crippen molar-refractivity contribution in [3.05, 3.63) is 23.8 Å². The monoisotopic (exact) mass is 454 g/mol. The summed E-state index contributed by atoms with van der Waals surface area (Å²) in [5.74, 6) is -1.50. The maximum absolute atomic E-state index is 12.8. The highest BCUT2D eigenvalue weighted by Crippen LogP contribution is 2.44. The molecule has 0 saturated heterocycles. The van der Waals surface area contributed by atoms with Gasteiger partial charge in [0.2, 0.25) is 0 Å². The molecule has 0 fully saturated rings. The minimum atomic E-state index is -1.11. The summed E-state index contributed by atoms with van der Waals surface area (Å²) in [7, 11) is 0. The molecule has 4 N–H and O–H groups in total. The van der Waals surface area contributed by atoms with Crippen LogP contribution in [0.15, 0.2) is 23.8 Å². The van der Waals surface area contributed by atoms with Crippen LogP contribution in [0.2, 0.25) is 0 Å². The van der Waals surface area contributed by atoms with Gasteiger partial charge in [-0.1, -0.05) is 25.2 Å². The molecule has 0 aromatic carbocycles. The molecule has 8 nitrogen and oxygen atoms in total. The molecule has 0 aromatic heterocycles. The lowest BCUT2D eigenvalue weighted by Crippen LogP contribution is -2.46. The Morgan fingerprint density at radius 2 is 1.94 bits per heavy atom. The molecule has 182 valence electrons. The number of rotatable bonds is 11. The van der Waals surface area contributed by atoms with Crippen molar-refractivity contribution >= 4 is 11.9 Å². The highest BCUT2D eigenvalue weighted by molar-refractivity contribution is 5.78. The number of aliphatic hydroxyl groups is 3. The number of hydrogen-bond donors (Lipinski definition) is 4. The van der Waals surface area contributed by atoms with E-state index in [9.17, 15) is 24.9 Å². The van der Waals surface area contributed by atoms with E-state index < -0.39 is 48.4 Å². The van der Waals surface area contributed by atoms with Gasteiger partial charge < -0.3 is 29.9 Å². The minimum absolute atomic E-state index is 0.00369. The number of allylic oxidation sites excluding steroid dienone is 2. The fraction of sp³-hybridized carbons (Fsp3) is 0.750. The number of aliphatic hydroxyl groups excluding tert-OH is 3. The molecule has 0 unspecified atom stereocenters. The Kier molecular flexibility index (Phi) is 9.45. The molecular formula is C24H38O8. The lowest BCUT2D eigenvalue weighted by Gasteiger charge is -2.43. The smallest absolute Gasteiger partial charge is 0.338 e. The van der Waals surface area contributed by atoms with Crippen LogP contribution >= 0.6 is 0 Å². The average Bonchev–Trinajstić information content (AvgIpc) is 2.66. The molecule has 0 radical (unpaired) electrons. The summed E-state index contributed by atoms with van der Waals surface area (Å²) in [5, 5.41) is 39.2. The molecule has 0 aromatic rings. The predicted octanol–water partition coefficient (Wildman–Crippen LogP) is 2.21. The number of hydrogen-bond acceptors (Lipinski definition) is 7. The van der Waals surface area contributed by atoms with Crippen LogP contribution in [0.1, 0.15) is 59.8 Å². The van der Waals surface area contributed by atoms with E-state index in [0.717, 1.165) is 5.57 Å². The molecule has 7 atom stereocenters. The van der Waals surface area contributed by atoms with Gasteiger partial charge >= 0.3 is 11.9 Å². The predicted molar refractivity (Wildman–Crippen MR) is 118 cm³/mol. The van der Waals surface area contributed by atoms with E-state index in [1.165, 1.54) is 0 Å². The quantitative estimate of drug-likeness (QED) is 0.349. The molecule has 2 aliphatic rings. The Hall–Kier alpha value is -1.74. The minimum Gasteiger partial charge on any atom is -0.481 e. The van der Waals surface area contributed by atoms with Crippen molar-refractivity contribution in [1.29, 1.82) is 0 Å². The van der Waals surface area contributed by atoms with Crippen molar-refractivity contribution in [3.8, 4) is 0 Å². The van der Waals surface area contributed by atoms with E-state index in [4.69, 9.17) is 14.6 Å². The third-order valence-corrected chi connectivity index (χ3v) is 6.42. The first-order valence-electron chi connectivity index (χ1n) is 11.5. The fourth-order valence-corrected chi connectivity index (χ4v) is 4.79. The van der Waals surface area contributed by atoms with Gasteiger partial charge in [0.25, 0.3) is 0 Å². The standard InChI is InChI=1S/C24H38O8/c1-5-31-24(3,4)23(30)32-20-12-17(26)10-15-7-6-14(2)19(22(15)20)9-8-16(25)11-18(27)13-21(28)29/h6-7,10,14,16-20,22,25-27H,5,8-9,11-13H2,1-4H3,(H,28,29)/t14-,16-,17-,18-,19+,20+,22+/m1/s1. The van der Waals surface area contributed by atoms with Crippen molar-refractivity contribution in [3.63, 3.8) is 0 Å². The number of esters is 1. The summed E-state index contributed by atoms with van der Waals surface area (Å²) in [6.45, 7) is 7.57. The van der Waals surface area contributed by atoms with Crippen LogP contribution in [0.5, 0.6) is 0 Å². The first-order valence-corrected chi connectivity index (χ1v) is 11.5. The van der Waals surface area contributed by atoms with Crippen molar-refractivity contribution in [2.24, 2.45) is 17.8 Å². The molecule has 8 heteroatoms. The van der Waals surface area contributed by atoms with E-state index in [2.05, 4.69) is 13.0 Å². The van der Waals surface area contributed by atoms with Gasteiger partial charge in [0, 0.05) is 18.9 Å². The number of carboxylic acids is 1. The normalized spacial score (nSPS) is 29.6. The zero-order valence-electron chi connectivity index (χ0n) is 19.4. The van der Waals surface area contributed by atoms with Crippen LogP contribution in [0.3, 0.4) is 0 Å². The van der Waals surface area contributed by atoms with Crippen molar-refractivity contribution < 1.29 is 39.5 Å². The lowest BCUT2D eigenvalue weighted by atomic mass is 9.66. The van der Waals surface area contributed by atoms with E-state index in [0.29, 0.717) is 25.9 Å². The van der Waals surface area contributed by atoms with Gasteiger partial charge in [-0.2, -0.15) is 0 Å². The summed E-state index contributed by atoms with van der Waals surface area (Å²) < 4.78 is 11.4. The number of carboxylic acid groups (broad SMARTS) is 1. The zero-order chi connectivity index (χ0) is 24.1. The summed E-state index contributed by atoms with van der Waals surface area (Å²) in [6, 6.07) is 0. The maximum Gasteiger partial charge on any atom is 0.338 e. The number of carbonyl (C=O) groups excluding carboxylic acids is 1. The van der Waals surface area contributed by atoms with Crippen LogP contribution in [0.25, 0.3) is 0 Å². The Balaban J connectivity index is 2.12. The third-order valence-electron chi connectivity index (χ3n) is 6.42. The zero-order valence-corrected chi connectivity index (χ0v) is 19.4. The van der Waals surface area contributed by atoms with Gasteiger partial charge in [0.1, 0.15) is 6.10 Å². The largest absolute Gasteiger partial charge is 0.481 e. The molecule has 0 saturated carbocycles. The van der Waals surface area contributed by atoms with Crippen molar-refractivity contribution in [1.82, 2.24) is 0 Å². The Morgan fingerprint density at radius 3 is 2.56 bits per heavy atom. The Bertz CT molecular complexity index is 713. The highest BCUT2D eigenvalue weighted by atomic mass is 16.6. The third kappa shape index (κ3) is 7.13. The van der Waals surface area contributed by atoms with Crippen molar-refractivity contribution in [2.45, 2.75) is 89.8 Å². The second-order valence-corrected chi connectivity index (χ2v) is 9.48. The SMILES string of the molecule is CCOC(C)(C)C(=O)O[C@H]1C[C@H](O)C=C2C=C[C@@H](C)[C@H](CC[C@@H](O)C[C@@H](O)CC(=O)O)[C@H]21. The molecule has 0 aliphatic heterocycles. The Morgan fingerprint density at radius 1 is 1.25 bits per heavy atom. The van der Waals surface area contributed by atoms with E-state index >= 15 is 0 Å². The van der Waals surface area contributed by atoms with Crippen LogP contribution < -0.4 is 0 Å². The average molecular weight is 455 g/mol. The molecule has 2 rings (SSSR count). The molecule has 2 aliphatic carbocycles. The molecule has 0 heterocycles. The van der Waals surface area contributed by atoms with Gasteiger partial charge in [0.15, 0.2) is 5.60 Å². The van der Waals surface area contributed by atoms with Gasteiger partial charge in [-0.15, -0.1) is 0 Å². The van der Waals surface area contributed by atoms with Crippen LogP contribution in [-0.4, -0.2) is 69.0 Å². The summed E-state index contributed by atoms with van der Waals surface area (Å²) >= 11 is 0. The first-order chi connectivity index (χ1) is 14.9. The summed E-state index contributed by atoms with van der Waals surface area (Å²) in [6.07, 6.45) is 3.53. The molecule has 0 bridgehead atoms. The number of carbonyl (C=O) groups is 2. The first kappa shape index (κ1) is 26.5. The van der Waals surface area contributed by atoms with Gasteiger partial charge in [0.05, 0.1) is 24.7 Å². The number of ether oxygens (including phenoxy) is 2. The topological polar surface area (TPSA) is 134 Å². The van der Waals surface area contributed by atoms with E-state index in [1.807, 2.05) is 13.0 Å². The number of aliphatic carboxylic acids is 1. The molecule has 0 amide bonds. The fourth-order valence-electron chi connectivity index (χ4n) is 4.79. The second kappa shape index (κ2) is 11.4. The number of fused-ring (bicyclic) bond motifs is 1. The van der Waals surface area contributed by atoms with Crippen molar-refractivity contribution in [2.75, 3.05) is 6.61 Å².